The summed E-state index contributed by atoms with van der Waals surface area (Å²) < 4.78 is 11.8. The first kappa shape index (κ1) is 31.0. The highest BCUT2D eigenvalue weighted by atomic mass is 16.5. The molecule has 8 heteroatoms. The molecule has 3 N–H and O–H groups in total. The average Bonchev–Trinajstić information content (AvgIpc) is 2.95. The third kappa shape index (κ3) is 10.2. The van der Waals surface area contributed by atoms with Crippen LogP contribution in [0.15, 0.2) is 42.5 Å². The number of unbranched alkanes of at least 4 members (excludes halogenated alkanes) is 5. The number of carbonyl (C=O) groups excluding carboxylic acids is 1. The molecule has 1 amide bonds. The van der Waals surface area contributed by atoms with Gasteiger partial charge in [-0.25, -0.2) is 4.79 Å². The molecule has 2 aromatic carbocycles. The van der Waals surface area contributed by atoms with E-state index in [0.717, 1.165) is 30.8 Å². The maximum Gasteiger partial charge on any atom is 0.335 e. The molecule has 0 aliphatic heterocycles. The van der Waals surface area contributed by atoms with E-state index in [1.807, 2.05) is 24.3 Å². The van der Waals surface area contributed by atoms with Gasteiger partial charge in [-0.15, -0.1) is 0 Å². The highest BCUT2D eigenvalue weighted by Crippen LogP contribution is 2.26. The van der Waals surface area contributed by atoms with E-state index in [4.69, 9.17) is 9.47 Å². The first-order valence-corrected chi connectivity index (χ1v) is 14.6. The number of aliphatic carboxylic acids is 1. The Hall–Kier alpha value is -3.55. The summed E-state index contributed by atoms with van der Waals surface area (Å²) in [7, 11) is 0. The lowest BCUT2D eigenvalue weighted by Crippen LogP contribution is -2.40. The van der Waals surface area contributed by atoms with Crippen molar-refractivity contribution in [3.63, 3.8) is 0 Å². The van der Waals surface area contributed by atoms with Crippen LogP contribution in [0.1, 0.15) is 104 Å². The number of rotatable bonds is 17. The van der Waals surface area contributed by atoms with Crippen LogP contribution in [0.3, 0.4) is 0 Å². The number of amides is 1. The van der Waals surface area contributed by atoms with Crippen LogP contribution in [0.25, 0.3) is 0 Å². The number of carbonyl (C=O) groups is 3. The Balaban J connectivity index is 1.48. The van der Waals surface area contributed by atoms with Crippen LogP contribution in [0.4, 0.5) is 0 Å². The van der Waals surface area contributed by atoms with Crippen molar-refractivity contribution in [2.45, 2.75) is 90.0 Å². The molecule has 1 aliphatic carbocycles. The zero-order chi connectivity index (χ0) is 28.7. The second-order valence-electron chi connectivity index (χ2n) is 10.6. The van der Waals surface area contributed by atoms with E-state index >= 15 is 0 Å². The molecule has 40 heavy (non-hydrogen) atoms. The first-order chi connectivity index (χ1) is 19.4. The molecule has 1 fully saturated rings. The Kier molecular flexibility index (Phi) is 12.8. The summed E-state index contributed by atoms with van der Waals surface area (Å²) in [5, 5.41) is 21.6. The van der Waals surface area contributed by atoms with Crippen LogP contribution in [-0.4, -0.2) is 47.3 Å². The molecule has 2 unspecified atom stereocenters. The lowest BCUT2D eigenvalue weighted by molar-refractivity contribution is -0.143. The highest BCUT2D eigenvalue weighted by molar-refractivity contribution is 6.00. The Morgan fingerprint density at radius 1 is 0.875 bits per heavy atom. The predicted molar refractivity (Wildman–Crippen MR) is 153 cm³/mol. The molecule has 0 heterocycles. The minimum atomic E-state index is -1.14. The summed E-state index contributed by atoms with van der Waals surface area (Å²) in [6, 6.07) is 12.0. The fraction of sp³-hybridized carbons (Fsp3) is 0.531. The van der Waals surface area contributed by atoms with E-state index in [1.165, 1.54) is 50.3 Å². The number of hydrogen-bond acceptors (Lipinski definition) is 5. The zero-order valence-electron chi connectivity index (χ0n) is 23.5. The molecule has 2 atom stereocenters. The Morgan fingerprint density at radius 2 is 1.60 bits per heavy atom. The standard InChI is InChI=1S/C32H43NO7/c1-2-3-4-5-6-7-19-39-27-16-13-23(14-17-27)10-9-20-40-29-18-15-25(32(37)38)22-28(29)30(34)33-26-12-8-11-24(21-26)31(35)36/h13-18,22,24,26H,2-12,19-21H2,1H3,(H,33,34)(H,35,36)(H,37,38). The van der Waals surface area contributed by atoms with Gasteiger partial charge < -0.3 is 25.0 Å². The third-order valence-electron chi connectivity index (χ3n) is 7.39. The van der Waals surface area contributed by atoms with E-state index in [1.54, 1.807) is 0 Å². The van der Waals surface area contributed by atoms with Crippen LogP contribution in [0, 0.1) is 5.92 Å². The highest BCUT2D eigenvalue weighted by Gasteiger charge is 2.29. The molecular formula is C32H43NO7. The molecule has 8 nitrogen and oxygen atoms in total. The van der Waals surface area contributed by atoms with Gasteiger partial charge in [-0.05, 0) is 74.4 Å². The van der Waals surface area contributed by atoms with Crippen molar-refractivity contribution in [3.8, 4) is 11.5 Å². The maximum atomic E-state index is 13.1. The van der Waals surface area contributed by atoms with Gasteiger partial charge in [0.05, 0.1) is 30.3 Å². The van der Waals surface area contributed by atoms with Crippen LogP contribution >= 0.6 is 0 Å². The van der Waals surface area contributed by atoms with Gasteiger partial charge in [-0.1, -0.05) is 57.6 Å². The molecule has 0 radical (unpaired) electrons. The summed E-state index contributed by atoms with van der Waals surface area (Å²) in [4.78, 5) is 36.0. The monoisotopic (exact) mass is 553 g/mol. The molecule has 0 spiro atoms. The molecule has 0 saturated heterocycles. The second kappa shape index (κ2) is 16.5. The van der Waals surface area contributed by atoms with Crippen LogP contribution in [0.2, 0.25) is 0 Å². The fourth-order valence-corrected chi connectivity index (χ4v) is 5.06. The molecular weight excluding hydrogens is 510 g/mol. The summed E-state index contributed by atoms with van der Waals surface area (Å²) in [6.45, 7) is 3.31. The van der Waals surface area contributed by atoms with Gasteiger partial charge in [-0.2, -0.15) is 0 Å². The number of hydrogen-bond donors (Lipinski definition) is 3. The maximum absolute atomic E-state index is 13.1. The second-order valence-corrected chi connectivity index (χ2v) is 10.6. The Bertz CT molecular complexity index is 1100. The fourth-order valence-electron chi connectivity index (χ4n) is 5.06. The van der Waals surface area contributed by atoms with Gasteiger partial charge in [0.2, 0.25) is 0 Å². The molecule has 0 bridgehead atoms. The quantitative estimate of drug-likeness (QED) is 0.191. The summed E-state index contributed by atoms with van der Waals surface area (Å²) in [5.41, 5.74) is 1.28. The zero-order valence-corrected chi connectivity index (χ0v) is 23.5. The van der Waals surface area contributed by atoms with E-state index in [2.05, 4.69) is 12.2 Å². The van der Waals surface area contributed by atoms with Gasteiger partial charge in [0.15, 0.2) is 0 Å². The lowest BCUT2D eigenvalue weighted by atomic mass is 9.85. The van der Waals surface area contributed by atoms with E-state index in [-0.39, 0.29) is 17.2 Å². The van der Waals surface area contributed by atoms with Crippen molar-refractivity contribution in [1.29, 1.82) is 0 Å². The topological polar surface area (TPSA) is 122 Å². The van der Waals surface area contributed by atoms with Gasteiger partial charge >= 0.3 is 11.9 Å². The van der Waals surface area contributed by atoms with Gasteiger partial charge in [0.1, 0.15) is 11.5 Å². The molecule has 1 aliphatic rings. The van der Waals surface area contributed by atoms with Crippen molar-refractivity contribution in [2.24, 2.45) is 5.92 Å². The smallest absolute Gasteiger partial charge is 0.335 e. The number of aryl methyl sites for hydroxylation is 1. The van der Waals surface area contributed by atoms with E-state index in [9.17, 15) is 24.6 Å². The van der Waals surface area contributed by atoms with Crippen LogP contribution in [0.5, 0.6) is 11.5 Å². The van der Waals surface area contributed by atoms with E-state index in [0.29, 0.717) is 44.5 Å². The summed E-state index contributed by atoms with van der Waals surface area (Å²) >= 11 is 0. The normalized spacial score (nSPS) is 16.7. The van der Waals surface area contributed by atoms with Crippen molar-refractivity contribution in [3.05, 3.63) is 59.2 Å². The van der Waals surface area contributed by atoms with Crippen molar-refractivity contribution >= 4 is 17.8 Å². The average molecular weight is 554 g/mol. The number of carboxylic acids is 2. The van der Waals surface area contributed by atoms with Gasteiger partial charge in [0, 0.05) is 6.04 Å². The number of aromatic carboxylic acids is 1. The van der Waals surface area contributed by atoms with Crippen LogP contribution in [-0.2, 0) is 11.2 Å². The Labute approximate surface area is 237 Å². The largest absolute Gasteiger partial charge is 0.494 e. The number of ether oxygens (including phenoxy) is 2. The molecule has 1 saturated carbocycles. The van der Waals surface area contributed by atoms with E-state index < -0.39 is 23.8 Å². The Morgan fingerprint density at radius 3 is 2.33 bits per heavy atom. The van der Waals surface area contributed by atoms with Crippen LogP contribution < -0.4 is 14.8 Å². The molecule has 3 rings (SSSR count). The lowest BCUT2D eigenvalue weighted by Gasteiger charge is -2.27. The summed E-state index contributed by atoms with van der Waals surface area (Å²) in [5.74, 6) is -1.75. The summed E-state index contributed by atoms with van der Waals surface area (Å²) in [6.07, 6.45) is 11.2. The minimum Gasteiger partial charge on any atom is -0.494 e. The van der Waals surface area contributed by atoms with Gasteiger partial charge in [-0.3, -0.25) is 9.59 Å². The van der Waals surface area contributed by atoms with Crippen molar-refractivity contribution < 1.29 is 34.1 Å². The number of benzene rings is 2. The SMILES string of the molecule is CCCCCCCCOc1ccc(CCCOc2ccc(C(=O)O)cc2C(=O)NC2CCCC(C(=O)O)C2)cc1. The molecule has 218 valence electrons. The van der Waals surface area contributed by atoms with Crippen molar-refractivity contribution in [1.82, 2.24) is 5.32 Å². The molecule has 2 aromatic rings. The first-order valence-electron chi connectivity index (χ1n) is 14.6. The number of carboxylic acid groups (broad SMARTS) is 2. The minimum absolute atomic E-state index is 0.0108. The molecule has 0 aromatic heterocycles. The van der Waals surface area contributed by atoms with Crippen molar-refractivity contribution in [2.75, 3.05) is 13.2 Å². The third-order valence-corrected chi connectivity index (χ3v) is 7.39. The number of nitrogens with one attached hydrogen (secondary N) is 1. The van der Waals surface area contributed by atoms with Gasteiger partial charge in [0.25, 0.3) is 5.91 Å². The predicted octanol–water partition coefficient (Wildman–Crippen LogP) is 6.51.